The van der Waals surface area contributed by atoms with Crippen molar-refractivity contribution in [1.82, 2.24) is 4.98 Å². The zero-order valence-corrected chi connectivity index (χ0v) is 12.0. The number of nitriles is 1. The number of rotatable bonds is 4. The lowest BCUT2D eigenvalue weighted by molar-refractivity contribution is 0.413. The third kappa shape index (κ3) is 3.19. The van der Waals surface area contributed by atoms with Crippen LogP contribution >= 0.6 is 11.6 Å². The molecule has 0 saturated carbocycles. The lowest BCUT2D eigenvalue weighted by Gasteiger charge is -2.10. The number of pyridine rings is 1. The third-order valence-corrected chi connectivity index (χ3v) is 3.13. The summed E-state index contributed by atoms with van der Waals surface area (Å²) in [6, 6.07) is 11.3. The number of methoxy groups -OCH3 is 1. The summed E-state index contributed by atoms with van der Waals surface area (Å²) >= 11 is 5.82. The summed E-state index contributed by atoms with van der Waals surface area (Å²) in [4.78, 5) is 4.18. The number of aryl methyl sites for hydroxylation is 1. The Balaban J connectivity index is 2.13. The third-order valence-electron chi connectivity index (χ3n) is 2.92. The molecule has 0 saturated heterocycles. The lowest BCUT2D eigenvalue weighted by Crippen LogP contribution is -2.02. The molecule has 0 radical (unpaired) electrons. The van der Waals surface area contributed by atoms with E-state index in [2.05, 4.69) is 16.4 Å². The molecule has 102 valence electrons. The first-order valence-electron chi connectivity index (χ1n) is 6.08. The van der Waals surface area contributed by atoms with E-state index in [1.807, 2.05) is 25.1 Å². The van der Waals surface area contributed by atoms with Crippen molar-refractivity contribution in [2.24, 2.45) is 0 Å². The highest BCUT2D eigenvalue weighted by molar-refractivity contribution is 6.29. The molecule has 0 aliphatic carbocycles. The number of hydrogen-bond acceptors (Lipinski definition) is 4. The van der Waals surface area contributed by atoms with Crippen molar-refractivity contribution in [3.63, 3.8) is 0 Å². The minimum atomic E-state index is 0.476. The molecule has 0 amide bonds. The Labute approximate surface area is 123 Å². The molecule has 0 unspecified atom stereocenters. The molecule has 1 N–H and O–H groups in total. The maximum atomic E-state index is 9.06. The first-order chi connectivity index (χ1) is 9.63. The van der Waals surface area contributed by atoms with E-state index in [-0.39, 0.29) is 0 Å². The Bertz CT molecular complexity index is 665. The molecule has 1 heterocycles. The van der Waals surface area contributed by atoms with Crippen LogP contribution in [0, 0.1) is 18.3 Å². The van der Waals surface area contributed by atoms with Gasteiger partial charge in [0.05, 0.1) is 24.1 Å². The van der Waals surface area contributed by atoms with Crippen LogP contribution in [-0.4, -0.2) is 12.1 Å². The molecule has 1 aromatic heterocycles. The fourth-order valence-electron chi connectivity index (χ4n) is 1.87. The van der Waals surface area contributed by atoms with Gasteiger partial charge in [-0.15, -0.1) is 0 Å². The van der Waals surface area contributed by atoms with Crippen LogP contribution in [0.4, 0.5) is 5.69 Å². The van der Waals surface area contributed by atoms with Crippen molar-refractivity contribution >= 4 is 17.3 Å². The zero-order valence-electron chi connectivity index (χ0n) is 11.3. The number of nitrogens with zero attached hydrogens (tertiary/aromatic N) is 2. The number of benzene rings is 1. The molecule has 0 aliphatic heterocycles. The highest BCUT2D eigenvalue weighted by Gasteiger charge is 2.05. The quantitative estimate of drug-likeness (QED) is 0.874. The number of hydrogen-bond donors (Lipinski definition) is 1. The number of nitrogens with one attached hydrogen (secondary N) is 1. The molecule has 0 spiro atoms. The van der Waals surface area contributed by atoms with Gasteiger partial charge in [0.1, 0.15) is 17.0 Å². The summed E-state index contributed by atoms with van der Waals surface area (Å²) in [5.74, 6) is 0.584. The van der Waals surface area contributed by atoms with Crippen molar-refractivity contribution < 1.29 is 4.74 Å². The Kier molecular flexibility index (Phi) is 4.44. The van der Waals surface area contributed by atoms with Crippen molar-refractivity contribution in [1.29, 1.82) is 5.26 Å². The van der Waals surface area contributed by atoms with Crippen LogP contribution in [0.1, 0.15) is 16.8 Å². The summed E-state index contributed by atoms with van der Waals surface area (Å²) < 4.78 is 5.12. The van der Waals surface area contributed by atoms with Gasteiger partial charge in [-0.25, -0.2) is 4.98 Å². The van der Waals surface area contributed by atoms with Gasteiger partial charge in [-0.3, -0.25) is 0 Å². The van der Waals surface area contributed by atoms with E-state index < -0.39 is 0 Å². The summed E-state index contributed by atoms with van der Waals surface area (Å²) in [6.07, 6.45) is 0. The molecular formula is C15H14ClN3O. The lowest BCUT2D eigenvalue weighted by atomic mass is 10.1. The van der Waals surface area contributed by atoms with Gasteiger partial charge in [-0.1, -0.05) is 17.7 Å². The molecule has 20 heavy (non-hydrogen) atoms. The second-order valence-electron chi connectivity index (χ2n) is 4.27. The van der Waals surface area contributed by atoms with Crippen LogP contribution in [0.2, 0.25) is 5.15 Å². The molecule has 2 aromatic rings. The van der Waals surface area contributed by atoms with Crippen LogP contribution < -0.4 is 10.1 Å². The van der Waals surface area contributed by atoms with Crippen LogP contribution in [-0.2, 0) is 6.54 Å². The van der Waals surface area contributed by atoms with E-state index in [9.17, 15) is 0 Å². The largest absolute Gasteiger partial charge is 0.495 e. The molecule has 5 heteroatoms. The summed E-state index contributed by atoms with van der Waals surface area (Å²) in [7, 11) is 1.55. The molecule has 0 aliphatic rings. The fraction of sp³-hybridized carbons (Fsp3) is 0.200. The van der Waals surface area contributed by atoms with Gasteiger partial charge in [0, 0.05) is 6.54 Å². The predicted octanol–water partition coefficient (Wildman–Crippen LogP) is 3.54. The average molecular weight is 288 g/mol. The van der Waals surface area contributed by atoms with Crippen LogP contribution in [0.3, 0.4) is 0 Å². The first-order valence-corrected chi connectivity index (χ1v) is 6.46. The highest BCUT2D eigenvalue weighted by Crippen LogP contribution is 2.20. The van der Waals surface area contributed by atoms with Crippen molar-refractivity contribution in [2.75, 3.05) is 12.4 Å². The Morgan fingerprint density at radius 2 is 2.15 bits per heavy atom. The normalized spacial score (nSPS) is 9.90. The minimum absolute atomic E-state index is 0.476. The Morgan fingerprint density at radius 3 is 2.80 bits per heavy atom. The van der Waals surface area contributed by atoms with Gasteiger partial charge in [0.15, 0.2) is 0 Å². The summed E-state index contributed by atoms with van der Waals surface area (Å²) in [6.45, 7) is 2.49. The Hall–Kier alpha value is -2.25. The predicted molar refractivity (Wildman–Crippen MR) is 79.0 cm³/mol. The number of halogens is 1. The van der Waals surface area contributed by atoms with Gasteiger partial charge in [-0.2, -0.15) is 5.26 Å². The van der Waals surface area contributed by atoms with E-state index in [4.69, 9.17) is 21.6 Å². The van der Waals surface area contributed by atoms with E-state index in [0.29, 0.717) is 23.0 Å². The van der Waals surface area contributed by atoms with E-state index in [0.717, 1.165) is 16.9 Å². The monoisotopic (exact) mass is 287 g/mol. The second-order valence-corrected chi connectivity index (χ2v) is 4.65. The van der Waals surface area contributed by atoms with Gasteiger partial charge in [0.2, 0.25) is 0 Å². The number of anilines is 1. The van der Waals surface area contributed by atoms with Gasteiger partial charge in [0.25, 0.3) is 0 Å². The number of aromatic nitrogens is 1. The van der Waals surface area contributed by atoms with E-state index in [1.54, 1.807) is 19.2 Å². The van der Waals surface area contributed by atoms with Crippen molar-refractivity contribution in [3.8, 4) is 11.8 Å². The molecular weight excluding hydrogens is 274 g/mol. The van der Waals surface area contributed by atoms with E-state index >= 15 is 0 Å². The standard InChI is InChI=1S/C15H14ClN3O/c1-10-13(4-6-15(16)19-10)18-9-11-3-5-14(20-2)12(7-11)8-17/h3-7,18H,9H2,1-2H3. The van der Waals surface area contributed by atoms with Crippen LogP contribution in [0.5, 0.6) is 5.75 Å². The molecule has 4 nitrogen and oxygen atoms in total. The van der Waals surface area contributed by atoms with Crippen molar-refractivity contribution in [2.45, 2.75) is 13.5 Å². The Morgan fingerprint density at radius 1 is 1.35 bits per heavy atom. The van der Waals surface area contributed by atoms with Gasteiger partial charge >= 0.3 is 0 Å². The molecule has 0 bridgehead atoms. The maximum absolute atomic E-state index is 9.06. The molecule has 0 fully saturated rings. The summed E-state index contributed by atoms with van der Waals surface area (Å²) in [5, 5.41) is 12.8. The highest BCUT2D eigenvalue weighted by atomic mass is 35.5. The number of ether oxygens (including phenoxy) is 1. The molecule has 0 atom stereocenters. The zero-order chi connectivity index (χ0) is 14.5. The van der Waals surface area contributed by atoms with Crippen LogP contribution in [0.25, 0.3) is 0 Å². The average Bonchev–Trinajstić information content (AvgIpc) is 2.46. The van der Waals surface area contributed by atoms with Crippen LogP contribution in [0.15, 0.2) is 30.3 Å². The maximum Gasteiger partial charge on any atom is 0.136 e. The SMILES string of the molecule is COc1ccc(CNc2ccc(Cl)nc2C)cc1C#N. The second kappa shape index (κ2) is 6.27. The molecule has 2 rings (SSSR count). The fourth-order valence-corrected chi connectivity index (χ4v) is 2.06. The minimum Gasteiger partial charge on any atom is -0.495 e. The van der Waals surface area contributed by atoms with Gasteiger partial charge < -0.3 is 10.1 Å². The van der Waals surface area contributed by atoms with Gasteiger partial charge in [-0.05, 0) is 36.8 Å². The smallest absolute Gasteiger partial charge is 0.136 e. The topological polar surface area (TPSA) is 57.9 Å². The first kappa shape index (κ1) is 14.2. The van der Waals surface area contributed by atoms with E-state index in [1.165, 1.54) is 0 Å². The van der Waals surface area contributed by atoms with Crippen molar-refractivity contribution in [3.05, 3.63) is 52.3 Å². The molecule has 1 aromatic carbocycles. The summed E-state index contributed by atoms with van der Waals surface area (Å²) in [5.41, 5.74) is 3.28.